The van der Waals surface area contributed by atoms with Gasteiger partial charge in [-0.25, -0.2) is 14.4 Å². The van der Waals surface area contributed by atoms with E-state index in [0.29, 0.717) is 6.42 Å². The second kappa shape index (κ2) is 9.47. The maximum absolute atomic E-state index is 12.7. The Kier molecular flexibility index (Phi) is 7.40. The van der Waals surface area contributed by atoms with Gasteiger partial charge in [-0.3, -0.25) is 9.59 Å². The molecule has 2 rings (SSSR count). The molecule has 10 heteroatoms. The molecule has 1 fully saturated rings. The van der Waals surface area contributed by atoms with Gasteiger partial charge in [-0.15, -0.1) is 0 Å². The van der Waals surface area contributed by atoms with Crippen molar-refractivity contribution in [2.24, 2.45) is 5.92 Å². The molecule has 0 saturated carbocycles. The van der Waals surface area contributed by atoms with Gasteiger partial charge in [0.15, 0.2) is 18.0 Å². The van der Waals surface area contributed by atoms with Crippen LogP contribution in [0.5, 0.6) is 0 Å². The Bertz CT molecular complexity index is 923. The number of carbonyl (C=O) groups is 5. The van der Waals surface area contributed by atoms with E-state index in [4.69, 9.17) is 14.2 Å². The highest BCUT2D eigenvalue weighted by Gasteiger charge is 2.52. The van der Waals surface area contributed by atoms with Crippen LogP contribution in [-0.4, -0.2) is 63.8 Å². The number of rotatable bonds is 5. The highest BCUT2D eigenvalue weighted by Crippen LogP contribution is 2.38. The van der Waals surface area contributed by atoms with Crippen molar-refractivity contribution in [1.82, 2.24) is 0 Å². The lowest BCUT2D eigenvalue weighted by Crippen LogP contribution is -2.51. The van der Waals surface area contributed by atoms with Crippen molar-refractivity contribution in [2.45, 2.75) is 64.4 Å². The quantitative estimate of drug-likeness (QED) is 0.204. The molecule has 0 radical (unpaired) electrons. The first kappa shape index (κ1) is 25.0. The van der Waals surface area contributed by atoms with Gasteiger partial charge >= 0.3 is 23.9 Å². The zero-order chi connectivity index (χ0) is 24.4. The summed E-state index contributed by atoms with van der Waals surface area (Å²) in [6.45, 7) is 8.36. The molecule has 0 amide bonds. The Hall–Kier alpha value is -3.27. The Labute approximate surface area is 184 Å². The van der Waals surface area contributed by atoms with Crippen LogP contribution in [-0.2, 0) is 38.2 Å². The van der Waals surface area contributed by atoms with Gasteiger partial charge in [-0.2, -0.15) is 0 Å². The topological polar surface area (TPSA) is 154 Å². The van der Waals surface area contributed by atoms with Crippen LogP contribution in [0.15, 0.2) is 35.5 Å². The Morgan fingerprint density at radius 3 is 2.38 bits per heavy atom. The maximum atomic E-state index is 12.7. The second-order valence-corrected chi connectivity index (χ2v) is 7.97. The summed E-state index contributed by atoms with van der Waals surface area (Å²) in [5.74, 6) is -6.59. The van der Waals surface area contributed by atoms with Gasteiger partial charge in [0.25, 0.3) is 0 Å². The van der Waals surface area contributed by atoms with E-state index in [1.807, 2.05) is 0 Å². The van der Waals surface area contributed by atoms with Crippen molar-refractivity contribution >= 4 is 29.7 Å². The molecule has 10 nitrogen and oxygen atoms in total. The molecular formula is C22H26O10. The molecular weight excluding hydrogens is 424 g/mol. The van der Waals surface area contributed by atoms with Gasteiger partial charge in [0, 0.05) is 12.5 Å². The van der Waals surface area contributed by atoms with Gasteiger partial charge in [-0.1, -0.05) is 18.2 Å². The smallest absolute Gasteiger partial charge is 0.346 e. The Morgan fingerprint density at radius 2 is 1.84 bits per heavy atom. The number of hydrogen-bond acceptors (Lipinski definition) is 9. The molecule has 5 atom stereocenters. The molecule has 1 aliphatic heterocycles. The van der Waals surface area contributed by atoms with E-state index in [1.54, 1.807) is 13.0 Å². The summed E-state index contributed by atoms with van der Waals surface area (Å²) in [5, 5.41) is 20.1. The Balaban J connectivity index is 2.71. The number of ketones is 1. The van der Waals surface area contributed by atoms with E-state index in [9.17, 15) is 34.2 Å². The number of carbonyl (C=O) groups excluding carboxylic acids is 4. The number of ether oxygens (including phenoxy) is 3. The third-order valence-electron chi connectivity index (χ3n) is 5.44. The summed E-state index contributed by atoms with van der Waals surface area (Å²) in [5.41, 5.74) is -2.31. The van der Waals surface area contributed by atoms with E-state index in [0.717, 1.165) is 26.3 Å². The first-order chi connectivity index (χ1) is 14.8. The van der Waals surface area contributed by atoms with Crippen molar-refractivity contribution in [3.05, 3.63) is 35.5 Å². The Morgan fingerprint density at radius 1 is 1.22 bits per heavy atom. The van der Waals surface area contributed by atoms with Gasteiger partial charge in [0.05, 0.1) is 11.5 Å². The number of allylic oxidation sites excluding steroid dienone is 2. The van der Waals surface area contributed by atoms with Crippen LogP contribution < -0.4 is 0 Å². The van der Waals surface area contributed by atoms with Crippen molar-refractivity contribution < 1.29 is 48.4 Å². The fraction of sp³-hybridized carbons (Fsp3) is 0.500. The fourth-order valence-corrected chi connectivity index (χ4v) is 3.47. The molecule has 5 unspecified atom stereocenters. The van der Waals surface area contributed by atoms with Crippen molar-refractivity contribution in [3.63, 3.8) is 0 Å². The minimum absolute atomic E-state index is 0.137. The van der Waals surface area contributed by atoms with Crippen molar-refractivity contribution in [3.8, 4) is 0 Å². The molecule has 1 heterocycles. The van der Waals surface area contributed by atoms with E-state index < -0.39 is 59.5 Å². The van der Waals surface area contributed by atoms with Gasteiger partial charge in [0.1, 0.15) is 6.10 Å². The summed E-state index contributed by atoms with van der Waals surface area (Å²) in [4.78, 5) is 60.6. The van der Waals surface area contributed by atoms with E-state index in [1.165, 1.54) is 6.08 Å². The number of fused-ring (bicyclic) bond motifs is 1. The van der Waals surface area contributed by atoms with Crippen molar-refractivity contribution in [2.75, 3.05) is 0 Å². The van der Waals surface area contributed by atoms with Crippen LogP contribution in [0.3, 0.4) is 0 Å². The third kappa shape index (κ3) is 5.13. The molecule has 2 N–H and O–H groups in total. The first-order valence-electron chi connectivity index (χ1n) is 9.89. The highest BCUT2D eigenvalue weighted by atomic mass is 16.6. The van der Waals surface area contributed by atoms with Crippen LogP contribution >= 0.6 is 0 Å². The zero-order valence-electron chi connectivity index (χ0n) is 18.2. The van der Waals surface area contributed by atoms with Crippen LogP contribution in [0.1, 0.15) is 40.5 Å². The summed E-state index contributed by atoms with van der Waals surface area (Å²) in [7, 11) is 0. The standard InChI is InChI=1S/C22H26O10/c1-10-7-6-8-14(19(25)26)17(30-13(4)24)18(32-21(28)22(5,29)12(3)23)16-11(2)20(27)31-15(16)9-10/h8-9,15-18,29H,2,6-7H2,1,3-5H3,(H,25,26). The number of carboxylic acid groups (broad SMARTS) is 1. The molecule has 2 aliphatic rings. The van der Waals surface area contributed by atoms with Gasteiger partial charge in [0.2, 0.25) is 5.60 Å². The summed E-state index contributed by atoms with van der Waals surface area (Å²) >= 11 is 0. The highest BCUT2D eigenvalue weighted by molar-refractivity contribution is 6.05. The average molecular weight is 450 g/mol. The summed E-state index contributed by atoms with van der Waals surface area (Å²) in [6.07, 6.45) is -0.665. The molecule has 32 heavy (non-hydrogen) atoms. The molecule has 0 bridgehead atoms. The van der Waals surface area contributed by atoms with Crippen LogP contribution in [0.25, 0.3) is 0 Å². The lowest BCUT2D eigenvalue weighted by atomic mass is 9.83. The maximum Gasteiger partial charge on any atom is 0.346 e. The summed E-state index contributed by atoms with van der Waals surface area (Å²) < 4.78 is 16.0. The molecule has 0 spiro atoms. The van der Waals surface area contributed by atoms with E-state index >= 15 is 0 Å². The SMILES string of the molecule is C=C1C(=O)OC2C=C(C)CCC=C(C(=O)O)C(OC(C)=O)C(OC(=O)C(C)(O)C(C)=O)C12. The van der Waals surface area contributed by atoms with Crippen LogP contribution in [0, 0.1) is 5.92 Å². The summed E-state index contributed by atoms with van der Waals surface area (Å²) in [6, 6.07) is 0. The largest absolute Gasteiger partial charge is 0.478 e. The van der Waals surface area contributed by atoms with Crippen LogP contribution in [0.4, 0.5) is 0 Å². The zero-order valence-corrected chi connectivity index (χ0v) is 18.2. The third-order valence-corrected chi connectivity index (χ3v) is 5.44. The number of esters is 3. The van der Waals surface area contributed by atoms with E-state index in [-0.39, 0.29) is 17.6 Å². The molecule has 0 aromatic rings. The normalized spacial score (nSPS) is 27.7. The average Bonchev–Trinajstić information content (AvgIpc) is 2.94. The first-order valence-corrected chi connectivity index (χ1v) is 9.89. The number of carboxylic acids is 1. The predicted octanol–water partition coefficient (Wildman–Crippen LogP) is 1.02. The fourth-order valence-electron chi connectivity index (χ4n) is 3.47. The number of Topliss-reactive ketones (excluding diaryl/α,β-unsaturated/α-hetero) is 1. The number of aliphatic hydroxyl groups is 1. The van der Waals surface area contributed by atoms with Gasteiger partial charge < -0.3 is 24.4 Å². The van der Waals surface area contributed by atoms with Crippen molar-refractivity contribution in [1.29, 1.82) is 0 Å². The lowest BCUT2D eigenvalue weighted by Gasteiger charge is -2.34. The van der Waals surface area contributed by atoms with Gasteiger partial charge in [-0.05, 0) is 39.7 Å². The molecule has 1 aliphatic carbocycles. The predicted molar refractivity (Wildman–Crippen MR) is 108 cm³/mol. The molecule has 1 saturated heterocycles. The minimum Gasteiger partial charge on any atom is -0.478 e. The van der Waals surface area contributed by atoms with Crippen LogP contribution in [0.2, 0.25) is 0 Å². The number of hydrogen-bond donors (Lipinski definition) is 2. The second-order valence-electron chi connectivity index (χ2n) is 7.97. The van der Waals surface area contributed by atoms with E-state index in [2.05, 4.69) is 6.58 Å². The monoisotopic (exact) mass is 450 g/mol. The molecule has 0 aromatic carbocycles. The lowest BCUT2D eigenvalue weighted by molar-refractivity contribution is -0.185. The molecule has 174 valence electrons. The molecule has 0 aromatic heterocycles. The minimum atomic E-state index is -2.56. The number of aliphatic carboxylic acids is 1.